The molecule has 0 aliphatic carbocycles. The highest BCUT2D eigenvalue weighted by Crippen LogP contribution is 2.48. The number of ether oxygens (including phenoxy) is 4. The molecule has 11 heteroatoms. The molecule has 1 fully saturated rings. The average Bonchev–Trinajstić information content (AvgIpc) is 3.53. The van der Waals surface area contributed by atoms with E-state index in [4.69, 9.17) is 18.9 Å². The molecule has 0 radical (unpaired) electrons. The van der Waals surface area contributed by atoms with Gasteiger partial charge < -0.3 is 24.1 Å². The third kappa shape index (κ3) is 5.23. The first-order valence-electron chi connectivity index (χ1n) is 13.2. The Morgan fingerprint density at radius 1 is 1.02 bits per heavy atom. The maximum Gasteiger partial charge on any atom is 0.301 e. The van der Waals surface area contributed by atoms with Crippen LogP contribution in [0.3, 0.4) is 0 Å². The fourth-order valence-corrected chi connectivity index (χ4v) is 5.83. The van der Waals surface area contributed by atoms with E-state index in [0.717, 1.165) is 24.2 Å². The minimum Gasteiger partial charge on any atom is -0.507 e. The highest BCUT2D eigenvalue weighted by Gasteiger charge is 2.48. The number of carbonyl (C=O) groups excluding carboxylic acids is 2. The Bertz CT molecular complexity index is 1670. The van der Waals surface area contributed by atoms with E-state index in [1.807, 2.05) is 0 Å². The summed E-state index contributed by atoms with van der Waals surface area (Å²) in [5.41, 5.74) is 0.987. The third-order valence-electron chi connectivity index (χ3n) is 6.87. The zero-order chi connectivity index (χ0) is 30.0. The number of unbranched alkanes of at least 4 members (excludes halogenated alkanes) is 1. The summed E-state index contributed by atoms with van der Waals surface area (Å²) in [4.78, 5) is 33.1. The summed E-state index contributed by atoms with van der Waals surface area (Å²) in [6.45, 7) is 2.55. The van der Waals surface area contributed by atoms with Crippen molar-refractivity contribution in [2.45, 2.75) is 25.8 Å². The largest absolute Gasteiger partial charge is 0.507 e. The molecular weight excluding hydrogens is 563 g/mol. The molecule has 1 saturated heterocycles. The van der Waals surface area contributed by atoms with Crippen LogP contribution in [0.15, 0.2) is 60.2 Å². The molecule has 3 aromatic carbocycles. The first kappa shape index (κ1) is 28.9. The molecule has 1 atom stereocenters. The van der Waals surface area contributed by atoms with E-state index in [-0.39, 0.29) is 28.0 Å². The molecule has 218 valence electrons. The normalized spacial score (nSPS) is 16.2. The van der Waals surface area contributed by atoms with Crippen molar-refractivity contribution in [3.63, 3.8) is 0 Å². The van der Waals surface area contributed by atoms with Crippen molar-refractivity contribution in [3.8, 4) is 23.0 Å². The van der Waals surface area contributed by atoms with Gasteiger partial charge in [-0.2, -0.15) is 0 Å². The van der Waals surface area contributed by atoms with Gasteiger partial charge in [-0.3, -0.25) is 14.5 Å². The van der Waals surface area contributed by atoms with Crippen LogP contribution in [0.25, 0.3) is 16.0 Å². The van der Waals surface area contributed by atoms with E-state index in [1.165, 1.54) is 44.4 Å². The number of amides is 1. The van der Waals surface area contributed by atoms with Crippen LogP contribution in [-0.2, 0) is 9.59 Å². The van der Waals surface area contributed by atoms with E-state index >= 15 is 0 Å². The topological polar surface area (TPSA) is 107 Å². The Morgan fingerprint density at radius 3 is 2.43 bits per heavy atom. The minimum absolute atomic E-state index is 0.159. The summed E-state index contributed by atoms with van der Waals surface area (Å²) in [6.07, 6.45) is 1.81. The zero-order valence-electron chi connectivity index (χ0n) is 23.5. The average molecular weight is 593 g/mol. The first-order chi connectivity index (χ1) is 20.3. The van der Waals surface area contributed by atoms with Crippen molar-refractivity contribution < 1.29 is 38.0 Å². The first-order valence-corrected chi connectivity index (χ1v) is 14.0. The molecular formula is C31H29FN2O7S. The van der Waals surface area contributed by atoms with Gasteiger partial charge in [0.05, 0.1) is 49.8 Å². The van der Waals surface area contributed by atoms with Crippen LogP contribution < -0.4 is 23.8 Å². The molecule has 1 amide bonds. The van der Waals surface area contributed by atoms with Crippen molar-refractivity contribution in [2.75, 3.05) is 32.8 Å². The third-order valence-corrected chi connectivity index (χ3v) is 7.88. The number of hydrogen-bond acceptors (Lipinski definition) is 9. The number of hydrogen-bond donors (Lipinski definition) is 1. The Balaban J connectivity index is 1.72. The summed E-state index contributed by atoms with van der Waals surface area (Å²) >= 11 is 1.05. The smallest absolute Gasteiger partial charge is 0.301 e. The Labute approximate surface area is 245 Å². The summed E-state index contributed by atoms with van der Waals surface area (Å²) in [5.74, 6) is -1.25. The predicted molar refractivity (Wildman–Crippen MR) is 157 cm³/mol. The molecule has 1 unspecified atom stereocenters. The monoisotopic (exact) mass is 592 g/mol. The second kappa shape index (κ2) is 12.1. The van der Waals surface area contributed by atoms with Gasteiger partial charge in [-0.25, -0.2) is 9.37 Å². The maximum atomic E-state index is 14.0. The number of thiazole rings is 1. The number of halogens is 1. The standard InChI is InChI=1S/C31H29FN2O7S/c1-5-6-12-41-20-9-7-8-17(13-20)27(35)25-26(18-14-22(38-2)29(40-4)23(15-18)39-3)34(30(37)28(25)36)31-33-21-11-10-19(32)16-24(21)42-31/h7-11,13-16,26,35H,5-6,12H2,1-4H3/b27-25+. The number of benzene rings is 3. The van der Waals surface area contributed by atoms with Gasteiger partial charge in [0, 0.05) is 5.56 Å². The lowest BCUT2D eigenvalue weighted by molar-refractivity contribution is -0.132. The van der Waals surface area contributed by atoms with Gasteiger partial charge >= 0.3 is 5.91 Å². The number of carbonyl (C=O) groups is 2. The van der Waals surface area contributed by atoms with Gasteiger partial charge in [0.2, 0.25) is 5.75 Å². The number of aliphatic hydroxyl groups excluding tert-OH is 1. The fraction of sp³-hybridized carbons (Fsp3) is 0.258. The van der Waals surface area contributed by atoms with Crippen molar-refractivity contribution in [3.05, 3.63) is 77.1 Å². The van der Waals surface area contributed by atoms with E-state index < -0.39 is 23.5 Å². The molecule has 0 saturated carbocycles. The lowest BCUT2D eigenvalue weighted by Crippen LogP contribution is -2.29. The fourth-order valence-electron chi connectivity index (χ4n) is 4.82. The van der Waals surface area contributed by atoms with Crippen molar-refractivity contribution in [2.24, 2.45) is 0 Å². The predicted octanol–water partition coefficient (Wildman–Crippen LogP) is 6.27. The highest BCUT2D eigenvalue weighted by atomic mass is 32.1. The van der Waals surface area contributed by atoms with Crippen LogP contribution in [-0.4, -0.2) is 49.7 Å². The SMILES string of the molecule is CCCCOc1cccc(/C(O)=C2\C(=O)C(=O)N(c3nc4ccc(F)cc4s3)C2c2cc(OC)c(OC)c(OC)c2)c1. The van der Waals surface area contributed by atoms with Crippen LogP contribution in [0.4, 0.5) is 9.52 Å². The molecule has 0 bridgehead atoms. The lowest BCUT2D eigenvalue weighted by Gasteiger charge is -2.24. The summed E-state index contributed by atoms with van der Waals surface area (Å²) in [6, 6.07) is 12.9. The van der Waals surface area contributed by atoms with Crippen LogP contribution in [0, 0.1) is 5.82 Å². The van der Waals surface area contributed by atoms with Crippen molar-refractivity contribution in [1.29, 1.82) is 0 Å². The molecule has 1 N–H and O–H groups in total. The van der Waals surface area contributed by atoms with E-state index in [9.17, 15) is 19.1 Å². The zero-order valence-corrected chi connectivity index (χ0v) is 24.3. The molecule has 5 rings (SSSR count). The van der Waals surface area contributed by atoms with Crippen molar-refractivity contribution >= 4 is 44.1 Å². The molecule has 0 spiro atoms. The number of aromatic nitrogens is 1. The number of nitrogens with zero attached hydrogens (tertiary/aromatic N) is 2. The Kier molecular flexibility index (Phi) is 8.30. The van der Waals surface area contributed by atoms with E-state index in [2.05, 4.69) is 11.9 Å². The highest BCUT2D eigenvalue weighted by molar-refractivity contribution is 7.22. The molecule has 42 heavy (non-hydrogen) atoms. The number of fused-ring (bicyclic) bond motifs is 1. The number of anilines is 1. The van der Waals surface area contributed by atoms with Crippen LogP contribution in [0.5, 0.6) is 23.0 Å². The van der Waals surface area contributed by atoms with E-state index in [0.29, 0.717) is 39.4 Å². The van der Waals surface area contributed by atoms with Gasteiger partial charge in [0.1, 0.15) is 17.3 Å². The van der Waals surface area contributed by atoms with Gasteiger partial charge in [-0.15, -0.1) is 0 Å². The molecule has 9 nitrogen and oxygen atoms in total. The summed E-state index contributed by atoms with van der Waals surface area (Å²) in [5, 5.41) is 11.8. The molecule has 1 aliphatic heterocycles. The van der Waals surface area contributed by atoms with Crippen LogP contribution in [0.2, 0.25) is 0 Å². The minimum atomic E-state index is -1.13. The molecule has 4 aromatic rings. The molecule has 1 aromatic heterocycles. The second-order valence-electron chi connectivity index (χ2n) is 9.47. The number of ketones is 1. The van der Waals surface area contributed by atoms with Crippen LogP contribution in [0.1, 0.15) is 36.9 Å². The summed E-state index contributed by atoms with van der Waals surface area (Å²) < 4.78 is 36.8. The number of rotatable bonds is 10. The van der Waals surface area contributed by atoms with E-state index in [1.54, 1.807) is 36.4 Å². The molecule has 1 aliphatic rings. The van der Waals surface area contributed by atoms with Gasteiger partial charge in [-0.1, -0.05) is 36.8 Å². The summed E-state index contributed by atoms with van der Waals surface area (Å²) in [7, 11) is 4.36. The van der Waals surface area contributed by atoms with Crippen molar-refractivity contribution in [1.82, 2.24) is 4.98 Å². The van der Waals surface area contributed by atoms with Crippen LogP contribution >= 0.6 is 11.3 Å². The second-order valence-corrected chi connectivity index (χ2v) is 10.5. The maximum absolute atomic E-state index is 14.0. The molecule has 2 heterocycles. The Morgan fingerprint density at radius 2 is 1.76 bits per heavy atom. The quantitative estimate of drug-likeness (QED) is 0.0995. The van der Waals surface area contributed by atoms with Gasteiger partial charge in [0.25, 0.3) is 5.78 Å². The van der Waals surface area contributed by atoms with Gasteiger partial charge in [0.15, 0.2) is 16.6 Å². The number of Topliss-reactive ketones (excluding diaryl/α,β-unsaturated/α-hetero) is 1. The number of methoxy groups -OCH3 is 3. The number of aliphatic hydroxyl groups is 1. The van der Waals surface area contributed by atoms with Gasteiger partial charge in [-0.05, 0) is 54.4 Å². The lowest BCUT2D eigenvalue weighted by atomic mass is 9.94. The Hall–Kier alpha value is -4.64.